The number of ether oxygens (including phenoxy) is 1. The van der Waals surface area contributed by atoms with E-state index in [0.717, 1.165) is 35.4 Å². The lowest BCUT2D eigenvalue weighted by molar-refractivity contribution is -0.138. The Kier molecular flexibility index (Phi) is 6.98. The molecule has 35 heavy (non-hydrogen) atoms. The third kappa shape index (κ3) is 5.90. The van der Waals surface area contributed by atoms with Gasteiger partial charge in [0, 0.05) is 32.7 Å². The Morgan fingerprint density at radius 2 is 1.34 bits per heavy atom. The van der Waals surface area contributed by atoms with Crippen molar-refractivity contribution in [3.05, 3.63) is 83.4 Å². The molecule has 1 heterocycles. The Balaban J connectivity index is 1.42. The van der Waals surface area contributed by atoms with Crippen molar-refractivity contribution >= 4 is 5.69 Å². The summed E-state index contributed by atoms with van der Waals surface area (Å²) in [7, 11) is 1.44. The SMILES string of the molecule is COc1ccc(C(F)(F)F)cc1N1CCN(Cc2cccc(-c3ccc(C(F)(F)F)cc3)c2)CC1. The molecule has 0 saturated carbocycles. The van der Waals surface area contributed by atoms with Crippen molar-refractivity contribution in [1.29, 1.82) is 0 Å². The largest absolute Gasteiger partial charge is 0.495 e. The van der Waals surface area contributed by atoms with Gasteiger partial charge in [0.25, 0.3) is 0 Å². The van der Waals surface area contributed by atoms with E-state index in [-0.39, 0.29) is 0 Å². The lowest BCUT2D eigenvalue weighted by atomic mass is 10.0. The molecule has 4 rings (SSSR count). The minimum atomic E-state index is -4.43. The minimum absolute atomic E-state index is 0.399. The van der Waals surface area contributed by atoms with Gasteiger partial charge in [0.1, 0.15) is 5.75 Å². The number of anilines is 1. The smallest absolute Gasteiger partial charge is 0.416 e. The average molecular weight is 494 g/mol. The molecule has 3 aromatic carbocycles. The molecule has 1 saturated heterocycles. The van der Waals surface area contributed by atoms with Gasteiger partial charge in [0.2, 0.25) is 0 Å². The number of hydrogen-bond acceptors (Lipinski definition) is 3. The number of alkyl halides is 6. The predicted molar refractivity (Wildman–Crippen MR) is 122 cm³/mol. The maximum absolute atomic E-state index is 13.2. The summed E-state index contributed by atoms with van der Waals surface area (Å²) in [6, 6.07) is 16.2. The molecule has 0 bridgehead atoms. The second kappa shape index (κ2) is 9.81. The van der Waals surface area contributed by atoms with Crippen molar-refractivity contribution in [3.8, 4) is 16.9 Å². The average Bonchev–Trinajstić information content (AvgIpc) is 2.83. The molecule has 3 aromatic rings. The molecule has 0 unspecified atom stereocenters. The van der Waals surface area contributed by atoms with E-state index in [4.69, 9.17) is 4.74 Å². The Morgan fingerprint density at radius 3 is 1.94 bits per heavy atom. The summed E-state index contributed by atoms with van der Waals surface area (Å²) >= 11 is 0. The van der Waals surface area contributed by atoms with E-state index >= 15 is 0 Å². The first kappa shape index (κ1) is 24.9. The fourth-order valence-electron chi connectivity index (χ4n) is 4.22. The molecule has 0 N–H and O–H groups in total. The lowest BCUT2D eigenvalue weighted by Gasteiger charge is -2.37. The number of methoxy groups -OCH3 is 1. The van der Waals surface area contributed by atoms with Gasteiger partial charge in [-0.25, -0.2) is 0 Å². The molecule has 1 aliphatic rings. The first-order valence-electron chi connectivity index (χ1n) is 11.0. The van der Waals surface area contributed by atoms with Crippen LogP contribution in [-0.4, -0.2) is 38.2 Å². The molecule has 0 radical (unpaired) electrons. The van der Waals surface area contributed by atoms with Gasteiger partial charge in [-0.15, -0.1) is 0 Å². The van der Waals surface area contributed by atoms with E-state index < -0.39 is 23.5 Å². The van der Waals surface area contributed by atoms with Gasteiger partial charge in [0.05, 0.1) is 23.9 Å². The summed E-state index contributed by atoms with van der Waals surface area (Å²) in [6.45, 7) is 2.99. The zero-order chi connectivity index (χ0) is 25.2. The summed E-state index contributed by atoms with van der Waals surface area (Å²) in [5.74, 6) is 0.399. The molecule has 9 heteroatoms. The summed E-state index contributed by atoms with van der Waals surface area (Å²) in [6.07, 6.45) is -8.80. The van der Waals surface area contributed by atoms with Crippen LogP contribution in [0.25, 0.3) is 11.1 Å². The van der Waals surface area contributed by atoms with Crippen molar-refractivity contribution in [2.75, 3.05) is 38.2 Å². The van der Waals surface area contributed by atoms with E-state index in [9.17, 15) is 26.3 Å². The van der Waals surface area contributed by atoms with Gasteiger partial charge in [-0.2, -0.15) is 26.3 Å². The standard InChI is InChI=1S/C26H24F6N2O/c1-35-24-10-9-22(26(30,31)32)16-23(24)34-13-11-33(12-14-34)17-18-3-2-4-20(15-18)19-5-7-21(8-6-19)25(27,28)29/h2-10,15-16H,11-14,17H2,1H3. The van der Waals surface area contributed by atoms with E-state index in [1.54, 1.807) is 0 Å². The molecule has 0 amide bonds. The van der Waals surface area contributed by atoms with Gasteiger partial charge in [0.15, 0.2) is 0 Å². The highest BCUT2D eigenvalue weighted by molar-refractivity contribution is 5.64. The van der Waals surface area contributed by atoms with Crippen LogP contribution in [0, 0.1) is 0 Å². The highest BCUT2D eigenvalue weighted by Crippen LogP contribution is 2.37. The first-order chi connectivity index (χ1) is 16.5. The lowest BCUT2D eigenvalue weighted by Crippen LogP contribution is -2.46. The van der Waals surface area contributed by atoms with E-state index in [1.165, 1.54) is 25.3 Å². The molecule has 186 valence electrons. The monoisotopic (exact) mass is 494 g/mol. The third-order valence-electron chi connectivity index (χ3n) is 6.10. The van der Waals surface area contributed by atoms with E-state index in [0.29, 0.717) is 49.7 Å². The quantitative estimate of drug-likeness (QED) is 0.366. The van der Waals surface area contributed by atoms with Gasteiger partial charge in [-0.1, -0.05) is 30.3 Å². The molecular formula is C26H24F6N2O. The van der Waals surface area contributed by atoms with Crippen LogP contribution in [0.5, 0.6) is 5.75 Å². The Morgan fingerprint density at radius 1 is 0.714 bits per heavy atom. The van der Waals surface area contributed by atoms with Crippen molar-refractivity contribution in [2.45, 2.75) is 18.9 Å². The van der Waals surface area contributed by atoms with Crippen LogP contribution in [0.1, 0.15) is 16.7 Å². The number of halogens is 6. The number of piperazine rings is 1. The summed E-state index contributed by atoms with van der Waals surface area (Å²) in [5.41, 5.74) is 1.55. The zero-order valence-electron chi connectivity index (χ0n) is 19.0. The zero-order valence-corrected chi connectivity index (χ0v) is 19.0. The number of rotatable bonds is 5. The second-order valence-corrected chi connectivity index (χ2v) is 8.42. The summed E-state index contributed by atoms with van der Waals surface area (Å²) in [5, 5.41) is 0. The number of nitrogens with zero attached hydrogens (tertiary/aromatic N) is 2. The van der Waals surface area contributed by atoms with Crippen LogP contribution >= 0.6 is 0 Å². The van der Waals surface area contributed by atoms with Crippen LogP contribution in [0.4, 0.5) is 32.0 Å². The van der Waals surface area contributed by atoms with Crippen LogP contribution < -0.4 is 9.64 Å². The first-order valence-corrected chi connectivity index (χ1v) is 11.0. The molecule has 0 atom stereocenters. The Hall–Kier alpha value is -3.20. The molecule has 0 aromatic heterocycles. The molecule has 3 nitrogen and oxygen atoms in total. The van der Waals surface area contributed by atoms with E-state index in [1.807, 2.05) is 29.2 Å². The highest BCUT2D eigenvalue weighted by Gasteiger charge is 2.32. The van der Waals surface area contributed by atoms with Crippen LogP contribution in [-0.2, 0) is 18.9 Å². The van der Waals surface area contributed by atoms with E-state index in [2.05, 4.69) is 4.90 Å². The number of hydrogen-bond donors (Lipinski definition) is 0. The van der Waals surface area contributed by atoms with Crippen LogP contribution in [0.3, 0.4) is 0 Å². The third-order valence-corrected chi connectivity index (χ3v) is 6.10. The van der Waals surface area contributed by atoms with Crippen LogP contribution in [0.2, 0.25) is 0 Å². The topological polar surface area (TPSA) is 15.7 Å². The van der Waals surface area contributed by atoms with Crippen molar-refractivity contribution in [3.63, 3.8) is 0 Å². The molecular weight excluding hydrogens is 470 g/mol. The maximum Gasteiger partial charge on any atom is 0.416 e. The summed E-state index contributed by atoms with van der Waals surface area (Å²) in [4.78, 5) is 4.09. The van der Waals surface area contributed by atoms with Crippen molar-refractivity contribution in [2.24, 2.45) is 0 Å². The van der Waals surface area contributed by atoms with Gasteiger partial charge < -0.3 is 9.64 Å². The highest BCUT2D eigenvalue weighted by atomic mass is 19.4. The van der Waals surface area contributed by atoms with Crippen molar-refractivity contribution < 1.29 is 31.1 Å². The van der Waals surface area contributed by atoms with Crippen LogP contribution in [0.15, 0.2) is 66.7 Å². The molecule has 0 spiro atoms. The van der Waals surface area contributed by atoms with Crippen molar-refractivity contribution in [1.82, 2.24) is 4.90 Å². The fraction of sp³-hybridized carbons (Fsp3) is 0.308. The molecule has 0 aliphatic carbocycles. The predicted octanol–water partition coefficient (Wildman–Crippen LogP) is 6.72. The van der Waals surface area contributed by atoms with Gasteiger partial charge in [-0.3, -0.25) is 4.90 Å². The van der Waals surface area contributed by atoms with Gasteiger partial charge in [-0.05, 0) is 53.1 Å². The molecule has 1 fully saturated rings. The Labute approximate surface area is 199 Å². The molecule has 1 aliphatic heterocycles. The fourth-order valence-corrected chi connectivity index (χ4v) is 4.22. The number of benzene rings is 3. The minimum Gasteiger partial charge on any atom is -0.495 e. The normalized spacial score (nSPS) is 15.3. The van der Waals surface area contributed by atoms with Gasteiger partial charge >= 0.3 is 12.4 Å². The maximum atomic E-state index is 13.2. The Bertz CT molecular complexity index is 1150. The second-order valence-electron chi connectivity index (χ2n) is 8.42. The summed E-state index contributed by atoms with van der Waals surface area (Å²) < 4.78 is 83.3.